The molecule has 1 aliphatic heterocycles. The van der Waals surface area contributed by atoms with E-state index in [0.717, 1.165) is 15.8 Å². The molecule has 0 saturated heterocycles. The number of ether oxygens (including phenoxy) is 1. The molecule has 0 spiro atoms. The highest BCUT2D eigenvalue weighted by atomic mass is 32.1. The van der Waals surface area contributed by atoms with Gasteiger partial charge >= 0.3 is 5.97 Å². The van der Waals surface area contributed by atoms with Gasteiger partial charge < -0.3 is 10.1 Å². The standard InChI is InChI=1S/C18H14N2O3S/c21-16(20-18-19-13-6-2-4-8-15(13)24-18)9-11-10-17(22)23-14-7-3-1-5-12(11)14/h1-8,11H,9-10H2,(H,19,20,21)/t11-/m1/s1. The van der Waals surface area contributed by atoms with Crippen LogP contribution in [-0.2, 0) is 9.59 Å². The third-order valence-corrected chi connectivity index (χ3v) is 4.92. The van der Waals surface area contributed by atoms with E-state index in [1.807, 2.05) is 42.5 Å². The van der Waals surface area contributed by atoms with Gasteiger partial charge in [0.1, 0.15) is 5.75 Å². The summed E-state index contributed by atoms with van der Waals surface area (Å²) in [5, 5.41) is 3.42. The van der Waals surface area contributed by atoms with Crippen molar-refractivity contribution in [3.63, 3.8) is 0 Å². The molecule has 4 rings (SSSR count). The van der Waals surface area contributed by atoms with Crippen LogP contribution in [0.4, 0.5) is 5.13 Å². The topological polar surface area (TPSA) is 68.3 Å². The van der Waals surface area contributed by atoms with Crippen molar-refractivity contribution in [1.29, 1.82) is 0 Å². The zero-order valence-electron chi connectivity index (χ0n) is 12.7. The van der Waals surface area contributed by atoms with Crippen LogP contribution in [0.2, 0.25) is 0 Å². The number of carbonyl (C=O) groups is 2. The molecule has 2 heterocycles. The summed E-state index contributed by atoms with van der Waals surface area (Å²) in [6.45, 7) is 0. The number of aromatic nitrogens is 1. The number of nitrogens with one attached hydrogen (secondary N) is 1. The molecule has 6 heteroatoms. The Hall–Kier alpha value is -2.73. The first kappa shape index (κ1) is 14.8. The monoisotopic (exact) mass is 338 g/mol. The predicted octanol–water partition coefficient (Wildman–Crippen LogP) is 3.72. The Bertz CT molecular complexity index is 902. The fourth-order valence-corrected chi connectivity index (χ4v) is 3.77. The minimum atomic E-state index is -0.300. The van der Waals surface area contributed by atoms with E-state index in [-0.39, 0.29) is 30.6 Å². The van der Waals surface area contributed by atoms with Gasteiger partial charge in [-0.1, -0.05) is 41.7 Å². The largest absolute Gasteiger partial charge is 0.426 e. The Morgan fingerprint density at radius 2 is 2.00 bits per heavy atom. The number of esters is 1. The van der Waals surface area contributed by atoms with Gasteiger partial charge in [-0.25, -0.2) is 4.98 Å². The lowest BCUT2D eigenvalue weighted by Gasteiger charge is -2.23. The molecule has 0 saturated carbocycles. The number of amides is 1. The van der Waals surface area contributed by atoms with Crippen molar-refractivity contribution in [2.24, 2.45) is 0 Å². The van der Waals surface area contributed by atoms with Crippen LogP contribution in [0.5, 0.6) is 5.75 Å². The third kappa shape index (κ3) is 2.88. The number of rotatable bonds is 3. The van der Waals surface area contributed by atoms with Crippen LogP contribution in [0.15, 0.2) is 48.5 Å². The summed E-state index contributed by atoms with van der Waals surface area (Å²) in [6.07, 6.45) is 0.437. The Balaban J connectivity index is 1.51. The highest BCUT2D eigenvalue weighted by Crippen LogP contribution is 2.36. The lowest BCUT2D eigenvalue weighted by molar-refractivity contribution is -0.136. The number of hydrogen-bond donors (Lipinski definition) is 1. The van der Waals surface area contributed by atoms with Crippen LogP contribution in [0.1, 0.15) is 24.3 Å². The molecule has 0 unspecified atom stereocenters. The molecular weight excluding hydrogens is 324 g/mol. The summed E-state index contributed by atoms with van der Waals surface area (Å²) in [7, 11) is 0. The minimum Gasteiger partial charge on any atom is -0.426 e. The van der Waals surface area contributed by atoms with Crippen LogP contribution in [0.3, 0.4) is 0 Å². The maximum Gasteiger partial charge on any atom is 0.311 e. The average molecular weight is 338 g/mol. The van der Waals surface area contributed by atoms with Crippen LogP contribution < -0.4 is 10.1 Å². The Labute approximate surface area is 142 Å². The number of benzene rings is 2. The molecule has 5 nitrogen and oxygen atoms in total. The minimum absolute atomic E-state index is 0.149. The molecule has 0 aliphatic carbocycles. The average Bonchev–Trinajstić information content (AvgIpc) is 2.96. The summed E-state index contributed by atoms with van der Waals surface area (Å²) in [6, 6.07) is 15.1. The van der Waals surface area contributed by atoms with E-state index in [9.17, 15) is 9.59 Å². The summed E-state index contributed by atoms with van der Waals surface area (Å²) in [4.78, 5) is 28.5. The van der Waals surface area contributed by atoms with Gasteiger partial charge in [-0.2, -0.15) is 0 Å². The van der Waals surface area contributed by atoms with Crippen molar-refractivity contribution in [2.75, 3.05) is 5.32 Å². The lowest BCUT2D eigenvalue weighted by Crippen LogP contribution is -2.24. The predicted molar refractivity (Wildman–Crippen MR) is 92.3 cm³/mol. The second kappa shape index (κ2) is 6.05. The number of nitrogens with zero attached hydrogens (tertiary/aromatic N) is 1. The van der Waals surface area contributed by atoms with Gasteiger partial charge in [-0.3, -0.25) is 9.59 Å². The molecule has 1 aliphatic rings. The lowest BCUT2D eigenvalue weighted by atomic mass is 9.90. The van der Waals surface area contributed by atoms with Gasteiger partial charge in [-0.15, -0.1) is 0 Å². The number of fused-ring (bicyclic) bond motifs is 2. The van der Waals surface area contributed by atoms with E-state index >= 15 is 0 Å². The van der Waals surface area contributed by atoms with Crippen LogP contribution in [0.25, 0.3) is 10.2 Å². The number of thiazole rings is 1. The normalized spacial score (nSPS) is 16.5. The van der Waals surface area contributed by atoms with Crippen LogP contribution in [-0.4, -0.2) is 16.9 Å². The summed E-state index contributed by atoms with van der Waals surface area (Å²) < 4.78 is 6.25. The fraction of sp³-hybridized carbons (Fsp3) is 0.167. The summed E-state index contributed by atoms with van der Waals surface area (Å²) in [5.41, 5.74) is 1.76. The molecule has 120 valence electrons. The van der Waals surface area contributed by atoms with Gasteiger partial charge in [0.15, 0.2) is 5.13 Å². The van der Waals surface area contributed by atoms with E-state index in [0.29, 0.717) is 10.9 Å². The first-order chi connectivity index (χ1) is 11.7. The highest BCUT2D eigenvalue weighted by molar-refractivity contribution is 7.22. The zero-order chi connectivity index (χ0) is 16.5. The maximum absolute atomic E-state index is 12.4. The Morgan fingerprint density at radius 1 is 1.21 bits per heavy atom. The number of para-hydroxylation sites is 2. The maximum atomic E-state index is 12.4. The fourth-order valence-electron chi connectivity index (χ4n) is 2.89. The smallest absolute Gasteiger partial charge is 0.311 e. The van der Waals surface area contributed by atoms with Crippen LogP contribution in [0, 0.1) is 0 Å². The van der Waals surface area contributed by atoms with E-state index in [4.69, 9.17) is 4.74 Å². The van der Waals surface area contributed by atoms with Gasteiger partial charge in [0, 0.05) is 12.3 Å². The molecule has 0 radical (unpaired) electrons. The first-order valence-corrected chi connectivity index (χ1v) is 8.46. The number of hydrogen-bond acceptors (Lipinski definition) is 5. The van der Waals surface area contributed by atoms with Crippen molar-refractivity contribution >= 4 is 38.6 Å². The van der Waals surface area contributed by atoms with Gasteiger partial charge in [0.2, 0.25) is 5.91 Å². The van der Waals surface area contributed by atoms with E-state index < -0.39 is 0 Å². The van der Waals surface area contributed by atoms with E-state index in [1.54, 1.807) is 6.07 Å². The molecule has 0 fully saturated rings. The molecular formula is C18H14N2O3S. The molecule has 3 aromatic rings. The molecule has 1 amide bonds. The van der Waals surface area contributed by atoms with Crippen molar-refractivity contribution in [3.8, 4) is 5.75 Å². The molecule has 1 aromatic heterocycles. The summed E-state index contributed by atoms with van der Waals surface area (Å²) >= 11 is 1.44. The van der Waals surface area contributed by atoms with Gasteiger partial charge in [0.25, 0.3) is 0 Å². The molecule has 0 bridgehead atoms. The molecule has 1 atom stereocenters. The Kier molecular flexibility index (Phi) is 3.74. The van der Waals surface area contributed by atoms with Crippen molar-refractivity contribution in [3.05, 3.63) is 54.1 Å². The Morgan fingerprint density at radius 3 is 2.88 bits per heavy atom. The quantitative estimate of drug-likeness (QED) is 0.584. The second-order valence-corrected chi connectivity index (χ2v) is 6.68. The molecule has 24 heavy (non-hydrogen) atoms. The first-order valence-electron chi connectivity index (χ1n) is 7.64. The van der Waals surface area contributed by atoms with Crippen LogP contribution >= 0.6 is 11.3 Å². The number of carbonyl (C=O) groups excluding carboxylic acids is 2. The summed E-state index contributed by atoms with van der Waals surface area (Å²) in [5.74, 6) is -0.0709. The molecule has 2 aromatic carbocycles. The molecule has 1 N–H and O–H groups in total. The SMILES string of the molecule is O=C(C[C@@H]1CC(=O)Oc2ccccc21)Nc1nc2ccccc2s1. The van der Waals surface area contributed by atoms with E-state index in [2.05, 4.69) is 10.3 Å². The third-order valence-electron chi connectivity index (χ3n) is 3.97. The van der Waals surface area contributed by atoms with Gasteiger partial charge in [0.05, 0.1) is 16.6 Å². The number of anilines is 1. The second-order valence-electron chi connectivity index (χ2n) is 5.65. The van der Waals surface area contributed by atoms with Crippen molar-refractivity contribution < 1.29 is 14.3 Å². The zero-order valence-corrected chi connectivity index (χ0v) is 13.5. The van der Waals surface area contributed by atoms with Gasteiger partial charge in [-0.05, 0) is 23.8 Å². The van der Waals surface area contributed by atoms with E-state index in [1.165, 1.54) is 11.3 Å². The van der Waals surface area contributed by atoms with Crippen molar-refractivity contribution in [2.45, 2.75) is 18.8 Å². The van der Waals surface area contributed by atoms with Crippen molar-refractivity contribution in [1.82, 2.24) is 4.98 Å². The highest BCUT2D eigenvalue weighted by Gasteiger charge is 2.28.